The topological polar surface area (TPSA) is 62.4 Å². The minimum Gasteiger partial charge on any atom is -0.451 e. The van der Waals surface area contributed by atoms with Crippen LogP contribution in [0, 0.1) is 0 Å². The SMILES string of the molecule is C[C@H]1CCC[C@H](C)N1C(=O)COC(=O)c1cc2ccccc2[nH]1. The second-order valence-electron chi connectivity index (χ2n) is 6.28. The van der Waals surface area contributed by atoms with Gasteiger partial charge in [0.25, 0.3) is 5.91 Å². The van der Waals surface area contributed by atoms with E-state index in [4.69, 9.17) is 4.74 Å². The Labute approximate surface area is 135 Å². The van der Waals surface area contributed by atoms with Gasteiger partial charge in [-0.05, 0) is 45.2 Å². The van der Waals surface area contributed by atoms with Gasteiger partial charge >= 0.3 is 5.97 Å². The van der Waals surface area contributed by atoms with E-state index in [0.717, 1.165) is 30.2 Å². The first-order valence-corrected chi connectivity index (χ1v) is 8.12. The minimum atomic E-state index is -0.494. The van der Waals surface area contributed by atoms with Crippen LogP contribution in [0.15, 0.2) is 30.3 Å². The van der Waals surface area contributed by atoms with Crippen LogP contribution < -0.4 is 0 Å². The molecule has 0 unspecified atom stereocenters. The first-order valence-electron chi connectivity index (χ1n) is 8.12. The number of esters is 1. The second-order valence-corrected chi connectivity index (χ2v) is 6.28. The molecule has 5 heteroatoms. The Kier molecular flexibility index (Phi) is 4.37. The Bertz CT molecular complexity index is 679. The van der Waals surface area contributed by atoms with Gasteiger partial charge in [-0.25, -0.2) is 4.79 Å². The maximum Gasteiger partial charge on any atom is 0.355 e. The van der Waals surface area contributed by atoms with Gasteiger partial charge in [-0.15, -0.1) is 0 Å². The average Bonchev–Trinajstić information content (AvgIpc) is 2.96. The maximum atomic E-state index is 12.4. The molecule has 2 heterocycles. The molecule has 1 amide bonds. The fourth-order valence-electron chi connectivity index (χ4n) is 3.38. The zero-order chi connectivity index (χ0) is 16.4. The summed E-state index contributed by atoms with van der Waals surface area (Å²) in [5.74, 6) is -0.610. The molecule has 1 N–H and O–H groups in total. The molecule has 0 bridgehead atoms. The molecule has 0 radical (unpaired) electrons. The molecule has 3 rings (SSSR count). The summed E-state index contributed by atoms with van der Waals surface area (Å²) in [5, 5.41) is 0.948. The quantitative estimate of drug-likeness (QED) is 0.885. The molecule has 23 heavy (non-hydrogen) atoms. The third-order valence-corrected chi connectivity index (χ3v) is 4.56. The summed E-state index contributed by atoms with van der Waals surface area (Å²) in [6.07, 6.45) is 3.15. The maximum absolute atomic E-state index is 12.4. The Morgan fingerprint density at radius 2 is 1.91 bits per heavy atom. The zero-order valence-electron chi connectivity index (χ0n) is 13.5. The molecule has 0 spiro atoms. The van der Waals surface area contributed by atoms with Gasteiger partial charge in [-0.2, -0.15) is 0 Å². The number of piperidine rings is 1. The lowest BCUT2D eigenvalue weighted by Gasteiger charge is -2.38. The van der Waals surface area contributed by atoms with Crippen LogP contribution in [-0.4, -0.2) is 40.5 Å². The van der Waals surface area contributed by atoms with Crippen LogP contribution in [0.3, 0.4) is 0 Å². The largest absolute Gasteiger partial charge is 0.451 e. The molecular formula is C18H22N2O3. The zero-order valence-corrected chi connectivity index (χ0v) is 13.5. The van der Waals surface area contributed by atoms with Gasteiger partial charge in [-0.3, -0.25) is 4.79 Å². The van der Waals surface area contributed by atoms with Crippen molar-refractivity contribution < 1.29 is 14.3 Å². The molecule has 1 saturated heterocycles. The number of nitrogens with zero attached hydrogens (tertiary/aromatic N) is 1. The highest BCUT2D eigenvalue weighted by Gasteiger charge is 2.29. The van der Waals surface area contributed by atoms with E-state index in [9.17, 15) is 9.59 Å². The van der Waals surface area contributed by atoms with Crippen LogP contribution in [-0.2, 0) is 9.53 Å². The van der Waals surface area contributed by atoms with Crippen molar-refractivity contribution in [3.63, 3.8) is 0 Å². The number of H-pyrrole nitrogens is 1. The number of hydrogen-bond donors (Lipinski definition) is 1. The molecule has 5 nitrogen and oxygen atoms in total. The van der Waals surface area contributed by atoms with Crippen LogP contribution in [0.5, 0.6) is 0 Å². The number of hydrogen-bond acceptors (Lipinski definition) is 3. The number of nitrogens with one attached hydrogen (secondary N) is 1. The van der Waals surface area contributed by atoms with E-state index in [1.54, 1.807) is 6.07 Å². The van der Waals surface area contributed by atoms with Crippen molar-refractivity contribution in [2.45, 2.75) is 45.2 Å². The molecule has 122 valence electrons. The van der Waals surface area contributed by atoms with Gasteiger partial charge in [-0.1, -0.05) is 18.2 Å². The van der Waals surface area contributed by atoms with Crippen LogP contribution in [0.25, 0.3) is 10.9 Å². The van der Waals surface area contributed by atoms with Crippen molar-refractivity contribution in [3.05, 3.63) is 36.0 Å². The molecule has 1 aliphatic rings. The predicted octanol–water partition coefficient (Wildman–Crippen LogP) is 3.11. The van der Waals surface area contributed by atoms with Gasteiger partial charge in [0.2, 0.25) is 0 Å². The number of likely N-dealkylation sites (tertiary alicyclic amines) is 1. The van der Waals surface area contributed by atoms with Gasteiger partial charge < -0.3 is 14.6 Å². The Morgan fingerprint density at radius 3 is 2.61 bits per heavy atom. The van der Waals surface area contributed by atoms with Crippen LogP contribution >= 0.6 is 0 Å². The van der Waals surface area contributed by atoms with Gasteiger partial charge in [0.15, 0.2) is 6.61 Å². The van der Waals surface area contributed by atoms with E-state index in [0.29, 0.717) is 5.69 Å². The molecule has 1 aromatic carbocycles. The summed E-state index contributed by atoms with van der Waals surface area (Å²) < 4.78 is 5.21. The first kappa shape index (κ1) is 15.6. The number of aromatic nitrogens is 1. The number of rotatable bonds is 3. The average molecular weight is 314 g/mol. The normalized spacial score (nSPS) is 21.4. The van der Waals surface area contributed by atoms with E-state index in [-0.39, 0.29) is 24.6 Å². The predicted molar refractivity (Wildman–Crippen MR) is 88.2 cm³/mol. The fourth-order valence-corrected chi connectivity index (χ4v) is 3.38. The summed E-state index contributed by atoms with van der Waals surface area (Å²) in [6.45, 7) is 3.89. The third-order valence-electron chi connectivity index (χ3n) is 4.56. The molecular weight excluding hydrogens is 292 g/mol. The first-order chi connectivity index (χ1) is 11.1. The Hall–Kier alpha value is -2.30. The number of fused-ring (bicyclic) bond motifs is 1. The number of para-hydroxylation sites is 1. The molecule has 1 fully saturated rings. The number of ether oxygens (including phenoxy) is 1. The highest BCUT2D eigenvalue weighted by atomic mass is 16.5. The molecule has 0 aliphatic carbocycles. The van der Waals surface area contributed by atoms with Crippen molar-refractivity contribution in [2.24, 2.45) is 0 Å². The molecule has 2 atom stereocenters. The lowest BCUT2D eigenvalue weighted by Crippen LogP contribution is -2.49. The summed E-state index contributed by atoms with van der Waals surface area (Å²) in [7, 11) is 0. The summed E-state index contributed by atoms with van der Waals surface area (Å²) in [4.78, 5) is 29.4. The molecule has 2 aromatic rings. The number of carbonyl (C=O) groups is 2. The minimum absolute atomic E-state index is 0.117. The van der Waals surface area contributed by atoms with Gasteiger partial charge in [0.1, 0.15) is 5.69 Å². The molecule has 0 saturated carbocycles. The van der Waals surface area contributed by atoms with Crippen molar-refractivity contribution in [2.75, 3.05) is 6.61 Å². The standard InChI is InChI=1S/C18H22N2O3/c1-12-6-5-7-13(2)20(12)17(21)11-23-18(22)16-10-14-8-3-4-9-15(14)19-16/h3-4,8-10,12-13,19H,5-7,11H2,1-2H3/t12-,13-/m0/s1. The number of benzene rings is 1. The van der Waals surface area contributed by atoms with E-state index in [2.05, 4.69) is 4.98 Å². The van der Waals surface area contributed by atoms with E-state index in [1.165, 1.54) is 0 Å². The molecule has 1 aliphatic heterocycles. The lowest BCUT2D eigenvalue weighted by molar-refractivity contribution is -0.140. The highest BCUT2D eigenvalue weighted by molar-refractivity contribution is 5.95. The fraction of sp³-hybridized carbons (Fsp3) is 0.444. The van der Waals surface area contributed by atoms with Crippen molar-refractivity contribution >= 4 is 22.8 Å². The van der Waals surface area contributed by atoms with Crippen molar-refractivity contribution in [3.8, 4) is 0 Å². The number of amides is 1. The Balaban J connectivity index is 1.63. The third kappa shape index (κ3) is 3.23. The summed E-state index contributed by atoms with van der Waals surface area (Å²) in [6, 6.07) is 9.79. The summed E-state index contributed by atoms with van der Waals surface area (Å²) in [5.41, 5.74) is 1.25. The summed E-state index contributed by atoms with van der Waals surface area (Å²) >= 11 is 0. The molecule has 1 aromatic heterocycles. The van der Waals surface area contributed by atoms with Crippen molar-refractivity contribution in [1.29, 1.82) is 0 Å². The van der Waals surface area contributed by atoms with Crippen LogP contribution in [0.4, 0.5) is 0 Å². The highest BCUT2D eigenvalue weighted by Crippen LogP contribution is 2.22. The van der Waals surface area contributed by atoms with Crippen LogP contribution in [0.2, 0.25) is 0 Å². The van der Waals surface area contributed by atoms with Gasteiger partial charge in [0, 0.05) is 23.0 Å². The van der Waals surface area contributed by atoms with E-state index < -0.39 is 5.97 Å². The van der Waals surface area contributed by atoms with Gasteiger partial charge in [0.05, 0.1) is 0 Å². The van der Waals surface area contributed by atoms with Crippen molar-refractivity contribution in [1.82, 2.24) is 9.88 Å². The number of aromatic amines is 1. The lowest BCUT2D eigenvalue weighted by atomic mass is 9.97. The Morgan fingerprint density at radius 1 is 1.22 bits per heavy atom. The van der Waals surface area contributed by atoms with E-state index >= 15 is 0 Å². The number of carbonyl (C=O) groups excluding carboxylic acids is 2. The monoisotopic (exact) mass is 314 g/mol. The second kappa shape index (κ2) is 6.44. The van der Waals surface area contributed by atoms with Crippen LogP contribution in [0.1, 0.15) is 43.6 Å². The van der Waals surface area contributed by atoms with E-state index in [1.807, 2.05) is 43.0 Å². The smallest absolute Gasteiger partial charge is 0.355 e.